The van der Waals surface area contributed by atoms with E-state index in [0.29, 0.717) is 0 Å². The van der Waals surface area contributed by atoms with Crippen LogP contribution in [0.15, 0.2) is 41.8 Å². The summed E-state index contributed by atoms with van der Waals surface area (Å²) in [6.45, 7) is 0. The zero-order valence-electron chi connectivity index (χ0n) is 9.15. The maximum Gasteiger partial charge on any atom is 0.416 e. The van der Waals surface area contributed by atoms with E-state index in [1.165, 1.54) is 23.5 Å². The van der Waals surface area contributed by atoms with E-state index in [1.54, 1.807) is 23.6 Å². The summed E-state index contributed by atoms with van der Waals surface area (Å²) in [5, 5.41) is 1.80. The van der Waals surface area contributed by atoms with E-state index in [2.05, 4.69) is 0 Å². The molecule has 6 heteroatoms. The van der Waals surface area contributed by atoms with E-state index in [-0.39, 0.29) is 18.0 Å². The van der Waals surface area contributed by atoms with Crippen molar-refractivity contribution in [3.05, 3.63) is 57.8 Å². The molecule has 0 saturated carbocycles. The standard InChI is InChI=1S/C12H10F3NS.ClH/c13-12(14,15)9-5-2-1-4-8(9)11(16)10-6-3-7-17-10;/h1-7,11H,16H2;1H/t11-;/m1./s1. The number of rotatable bonds is 2. The molecule has 1 heterocycles. The number of benzene rings is 1. The van der Waals surface area contributed by atoms with Gasteiger partial charge >= 0.3 is 6.18 Å². The molecule has 0 unspecified atom stereocenters. The van der Waals surface area contributed by atoms with Crippen LogP contribution in [0.2, 0.25) is 0 Å². The minimum absolute atomic E-state index is 0. The lowest BCUT2D eigenvalue weighted by atomic mass is 9.99. The Morgan fingerprint density at radius 2 is 1.72 bits per heavy atom. The second-order valence-electron chi connectivity index (χ2n) is 3.58. The highest BCUT2D eigenvalue weighted by Crippen LogP contribution is 2.36. The Labute approximate surface area is 113 Å². The zero-order valence-corrected chi connectivity index (χ0v) is 10.8. The Balaban J connectivity index is 0.00000162. The third-order valence-corrected chi connectivity index (χ3v) is 3.41. The summed E-state index contributed by atoms with van der Waals surface area (Å²) in [6.07, 6.45) is -4.37. The molecule has 1 atom stereocenters. The minimum Gasteiger partial charge on any atom is -0.320 e. The van der Waals surface area contributed by atoms with Crippen molar-refractivity contribution in [3.63, 3.8) is 0 Å². The highest BCUT2D eigenvalue weighted by molar-refractivity contribution is 7.10. The van der Waals surface area contributed by atoms with Gasteiger partial charge < -0.3 is 5.73 Å². The van der Waals surface area contributed by atoms with Crippen molar-refractivity contribution in [3.8, 4) is 0 Å². The fourth-order valence-electron chi connectivity index (χ4n) is 1.65. The van der Waals surface area contributed by atoms with Crippen LogP contribution in [-0.2, 0) is 6.18 Å². The van der Waals surface area contributed by atoms with Crippen molar-refractivity contribution in [2.75, 3.05) is 0 Å². The molecular formula is C12H11ClF3NS. The molecule has 0 amide bonds. The fourth-order valence-corrected chi connectivity index (χ4v) is 2.39. The Morgan fingerprint density at radius 1 is 1.06 bits per heavy atom. The van der Waals surface area contributed by atoms with Crippen molar-refractivity contribution in [2.45, 2.75) is 12.2 Å². The predicted octanol–water partition coefficient (Wildman–Crippen LogP) is 4.24. The molecule has 1 nitrogen and oxygen atoms in total. The second kappa shape index (κ2) is 5.73. The molecule has 1 aromatic heterocycles. The van der Waals surface area contributed by atoms with Crippen LogP contribution in [0.4, 0.5) is 13.2 Å². The summed E-state index contributed by atoms with van der Waals surface area (Å²) in [5.74, 6) is 0. The Kier molecular flexibility index (Phi) is 4.78. The first-order valence-electron chi connectivity index (χ1n) is 4.95. The highest BCUT2D eigenvalue weighted by Gasteiger charge is 2.34. The van der Waals surface area contributed by atoms with Crippen LogP contribution in [0.3, 0.4) is 0 Å². The largest absolute Gasteiger partial charge is 0.416 e. The molecule has 2 aromatic rings. The number of thiophene rings is 1. The van der Waals surface area contributed by atoms with Gasteiger partial charge in [-0.1, -0.05) is 24.3 Å². The van der Waals surface area contributed by atoms with Crippen LogP contribution in [0.25, 0.3) is 0 Å². The molecule has 0 saturated heterocycles. The lowest BCUT2D eigenvalue weighted by Crippen LogP contribution is -2.17. The molecule has 0 aliphatic carbocycles. The molecule has 0 spiro atoms. The van der Waals surface area contributed by atoms with Crippen molar-refractivity contribution < 1.29 is 13.2 Å². The Hall–Kier alpha value is -1.04. The van der Waals surface area contributed by atoms with Gasteiger partial charge in [0, 0.05) is 4.88 Å². The van der Waals surface area contributed by atoms with Gasteiger partial charge in [-0.3, -0.25) is 0 Å². The first kappa shape index (κ1) is 15.0. The number of nitrogens with two attached hydrogens (primary N) is 1. The molecule has 0 bridgehead atoms. The molecule has 1 aromatic carbocycles. The fraction of sp³-hybridized carbons (Fsp3) is 0.167. The van der Waals surface area contributed by atoms with Gasteiger partial charge in [0.15, 0.2) is 0 Å². The summed E-state index contributed by atoms with van der Waals surface area (Å²) in [6, 6.07) is 8.20. The molecule has 0 radical (unpaired) electrons. The van der Waals surface area contributed by atoms with E-state index >= 15 is 0 Å². The molecular weight excluding hydrogens is 283 g/mol. The molecule has 98 valence electrons. The van der Waals surface area contributed by atoms with Gasteiger partial charge in [0.2, 0.25) is 0 Å². The molecule has 18 heavy (non-hydrogen) atoms. The first-order valence-corrected chi connectivity index (χ1v) is 5.83. The quantitative estimate of drug-likeness (QED) is 0.881. The van der Waals surface area contributed by atoms with E-state index in [0.717, 1.165) is 10.9 Å². The van der Waals surface area contributed by atoms with Crippen LogP contribution >= 0.6 is 23.7 Å². The van der Waals surface area contributed by atoms with E-state index in [9.17, 15) is 13.2 Å². The Bertz CT molecular complexity index is 496. The zero-order chi connectivity index (χ0) is 12.5. The number of alkyl halides is 3. The molecule has 0 aliphatic rings. The molecule has 2 N–H and O–H groups in total. The number of hydrogen-bond acceptors (Lipinski definition) is 2. The maximum absolute atomic E-state index is 12.8. The topological polar surface area (TPSA) is 26.0 Å². The average Bonchev–Trinajstić information content (AvgIpc) is 2.80. The molecule has 0 fully saturated rings. The van der Waals surface area contributed by atoms with E-state index in [1.807, 2.05) is 0 Å². The number of halogens is 4. The van der Waals surface area contributed by atoms with Crippen LogP contribution in [0.5, 0.6) is 0 Å². The normalized spacial score (nSPS) is 12.9. The smallest absolute Gasteiger partial charge is 0.320 e. The highest BCUT2D eigenvalue weighted by atomic mass is 35.5. The van der Waals surface area contributed by atoms with Crippen molar-refractivity contribution >= 4 is 23.7 Å². The first-order chi connectivity index (χ1) is 8.00. The van der Waals surface area contributed by atoms with E-state index in [4.69, 9.17) is 5.73 Å². The lowest BCUT2D eigenvalue weighted by molar-refractivity contribution is -0.138. The van der Waals surface area contributed by atoms with Gasteiger partial charge in [0.25, 0.3) is 0 Å². The third kappa shape index (κ3) is 3.04. The average molecular weight is 294 g/mol. The summed E-state index contributed by atoms with van der Waals surface area (Å²) < 4.78 is 38.4. The SMILES string of the molecule is Cl.N[C@@H](c1cccs1)c1ccccc1C(F)(F)F. The maximum atomic E-state index is 12.8. The van der Waals surface area contributed by atoms with Gasteiger partial charge in [-0.05, 0) is 23.1 Å². The van der Waals surface area contributed by atoms with Gasteiger partial charge in [-0.15, -0.1) is 23.7 Å². The lowest BCUT2D eigenvalue weighted by Gasteiger charge is -2.17. The van der Waals surface area contributed by atoms with Gasteiger partial charge in [0.1, 0.15) is 0 Å². The molecule has 0 aliphatic heterocycles. The summed E-state index contributed by atoms with van der Waals surface area (Å²) in [7, 11) is 0. The van der Waals surface area contributed by atoms with Gasteiger partial charge in [-0.25, -0.2) is 0 Å². The van der Waals surface area contributed by atoms with Crippen molar-refractivity contribution in [1.82, 2.24) is 0 Å². The Morgan fingerprint density at radius 3 is 2.28 bits per heavy atom. The summed E-state index contributed by atoms with van der Waals surface area (Å²) in [5.41, 5.74) is 5.32. The predicted molar refractivity (Wildman–Crippen MR) is 69.0 cm³/mol. The van der Waals surface area contributed by atoms with Gasteiger partial charge in [-0.2, -0.15) is 13.2 Å². The minimum atomic E-state index is -4.37. The van der Waals surface area contributed by atoms with Crippen LogP contribution in [0.1, 0.15) is 22.0 Å². The van der Waals surface area contributed by atoms with Crippen LogP contribution in [-0.4, -0.2) is 0 Å². The van der Waals surface area contributed by atoms with Crippen LogP contribution < -0.4 is 5.73 Å². The van der Waals surface area contributed by atoms with Crippen molar-refractivity contribution in [1.29, 1.82) is 0 Å². The monoisotopic (exact) mass is 293 g/mol. The van der Waals surface area contributed by atoms with Crippen molar-refractivity contribution in [2.24, 2.45) is 5.73 Å². The third-order valence-electron chi connectivity index (χ3n) is 2.45. The van der Waals surface area contributed by atoms with E-state index < -0.39 is 17.8 Å². The van der Waals surface area contributed by atoms with Gasteiger partial charge in [0.05, 0.1) is 11.6 Å². The second-order valence-corrected chi connectivity index (χ2v) is 4.56. The van der Waals surface area contributed by atoms with Crippen LogP contribution in [0, 0.1) is 0 Å². The summed E-state index contributed by atoms with van der Waals surface area (Å²) in [4.78, 5) is 0.724. The number of hydrogen-bond donors (Lipinski definition) is 1. The molecule has 2 rings (SSSR count). The summed E-state index contributed by atoms with van der Waals surface area (Å²) >= 11 is 1.35.